The molecule has 0 bridgehead atoms. The van der Waals surface area contributed by atoms with E-state index in [0.29, 0.717) is 25.8 Å². The van der Waals surface area contributed by atoms with Crippen LogP contribution in [0.3, 0.4) is 0 Å². The number of rotatable bonds is 3. The molecule has 1 fully saturated rings. The Morgan fingerprint density at radius 1 is 1.13 bits per heavy atom. The van der Waals surface area contributed by atoms with Crippen LogP contribution in [0.5, 0.6) is 11.5 Å². The van der Waals surface area contributed by atoms with Gasteiger partial charge in [-0.05, 0) is 68.3 Å². The lowest BCUT2D eigenvalue weighted by Crippen LogP contribution is -2.26. The molecule has 0 amide bonds. The summed E-state index contributed by atoms with van der Waals surface area (Å²) in [4.78, 5) is 25.5. The first-order chi connectivity index (χ1) is 14.8. The van der Waals surface area contributed by atoms with Crippen molar-refractivity contribution in [3.8, 4) is 11.5 Å². The van der Waals surface area contributed by atoms with Crippen LogP contribution in [0.4, 0.5) is 0 Å². The second kappa shape index (κ2) is 7.39. The second-order valence-corrected chi connectivity index (χ2v) is 9.52. The summed E-state index contributed by atoms with van der Waals surface area (Å²) in [6, 6.07) is 6.58. The van der Waals surface area contributed by atoms with Crippen LogP contribution in [0.15, 0.2) is 23.0 Å². The van der Waals surface area contributed by atoms with E-state index in [4.69, 9.17) is 14.5 Å². The largest absolute Gasteiger partial charge is 0.486 e. The summed E-state index contributed by atoms with van der Waals surface area (Å²) in [7, 11) is 0. The zero-order chi connectivity index (χ0) is 20.1. The molecular weight excluding hydrogens is 398 g/mol. The lowest BCUT2D eigenvalue weighted by atomic mass is 9.97. The van der Waals surface area contributed by atoms with Crippen LogP contribution in [0.2, 0.25) is 0 Å². The van der Waals surface area contributed by atoms with Gasteiger partial charge in [-0.3, -0.25) is 9.69 Å². The topological polar surface area (TPSA) is 67.5 Å². The van der Waals surface area contributed by atoms with Gasteiger partial charge in [0.15, 0.2) is 11.5 Å². The summed E-state index contributed by atoms with van der Waals surface area (Å²) in [5.41, 5.74) is 2.52. The highest BCUT2D eigenvalue weighted by molar-refractivity contribution is 7.18. The van der Waals surface area contributed by atoms with Crippen LogP contribution in [0.25, 0.3) is 10.2 Å². The van der Waals surface area contributed by atoms with Crippen molar-refractivity contribution in [2.75, 3.05) is 19.8 Å². The highest BCUT2D eigenvalue weighted by Gasteiger charge is 2.28. The van der Waals surface area contributed by atoms with E-state index >= 15 is 0 Å². The lowest BCUT2D eigenvalue weighted by molar-refractivity contribution is 0.170. The van der Waals surface area contributed by atoms with Gasteiger partial charge in [-0.15, -0.1) is 11.3 Å². The van der Waals surface area contributed by atoms with E-state index < -0.39 is 0 Å². The van der Waals surface area contributed by atoms with E-state index in [1.165, 1.54) is 28.8 Å². The maximum absolute atomic E-state index is 12.9. The summed E-state index contributed by atoms with van der Waals surface area (Å²) in [6.07, 6.45) is 6.72. The van der Waals surface area contributed by atoms with Crippen molar-refractivity contribution in [3.05, 3.63) is 50.4 Å². The van der Waals surface area contributed by atoms with Crippen LogP contribution in [0.1, 0.15) is 53.6 Å². The van der Waals surface area contributed by atoms with Gasteiger partial charge < -0.3 is 14.5 Å². The van der Waals surface area contributed by atoms with Gasteiger partial charge in [0.1, 0.15) is 23.9 Å². The van der Waals surface area contributed by atoms with Gasteiger partial charge in [-0.1, -0.05) is 6.07 Å². The molecule has 0 saturated carbocycles. The fraction of sp³-hybridized carbons (Fsp3) is 0.478. The van der Waals surface area contributed by atoms with Crippen molar-refractivity contribution in [3.63, 3.8) is 0 Å². The monoisotopic (exact) mass is 423 g/mol. The summed E-state index contributed by atoms with van der Waals surface area (Å²) in [5.74, 6) is 2.44. The molecule has 1 aromatic carbocycles. The van der Waals surface area contributed by atoms with E-state index in [1.54, 1.807) is 11.3 Å². The number of ether oxygens (including phenoxy) is 2. The molecule has 156 valence electrons. The molecule has 0 radical (unpaired) electrons. The molecule has 3 aromatic rings. The quantitative estimate of drug-likeness (QED) is 0.690. The Kier molecular flexibility index (Phi) is 4.53. The van der Waals surface area contributed by atoms with Crippen LogP contribution in [-0.4, -0.2) is 34.6 Å². The summed E-state index contributed by atoms with van der Waals surface area (Å²) < 4.78 is 11.4. The molecule has 0 unspecified atom stereocenters. The molecule has 1 N–H and O–H groups in total. The Balaban J connectivity index is 1.29. The predicted molar refractivity (Wildman–Crippen MR) is 117 cm³/mol. The number of nitrogens with zero attached hydrogens (tertiary/aromatic N) is 2. The van der Waals surface area contributed by atoms with E-state index in [-0.39, 0.29) is 5.56 Å². The first kappa shape index (κ1) is 18.4. The van der Waals surface area contributed by atoms with Crippen molar-refractivity contribution in [1.29, 1.82) is 0 Å². The van der Waals surface area contributed by atoms with Crippen LogP contribution in [-0.2, 0) is 19.4 Å². The van der Waals surface area contributed by atoms with Crippen molar-refractivity contribution in [1.82, 2.24) is 14.9 Å². The standard InChI is InChI=1S/C23H25N3O3S/c27-22-21-15-4-1-2-6-19(15)30-23(21)25-20(24-22)13-26-9-3-5-16(26)14-7-8-17-18(12-14)29-11-10-28-17/h7-8,12,16H,1-6,9-11,13H2,(H,24,25,27)/t16-/m1/s1. The summed E-state index contributed by atoms with van der Waals surface area (Å²) in [5, 5.41) is 0.836. The SMILES string of the molecule is O=c1[nH]c(CN2CCC[C@@H]2c2ccc3c(c2)OCCO3)nc2sc3c(c12)CCCC3. The first-order valence-electron chi connectivity index (χ1n) is 10.9. The Morgan fingerprint density at radius 3 is 2.93 bits per heavy atom. The Hall–Kier alpha value is -2.38. The van der Waals surface area contributed by atoms with Crippen LogP contribution >= 0.6 is 11.3 Å². The molecule has 1 aliphatic carbocycles. The smallest absolute Gasteiger partial charge is 0.259 e. The maximum atomic E-state index is 12.9. The molecule has 1 atom stereocenters. The van der Waals surface area contributed by atoms with Crippen molar-refractivity contribution < 1.29 is 9.47 Å². The molecule has 1 saturated heterocycles. The number of thiophene rings is 1. The highest BCUT2D eigenvalue weighted by Crippen LogP contribution is 2.39. The third-order valence-corrected chi connectivity index (χ3v) is 7.73. The van der Waals surface area contributed by atoms with Gasteiger partial charge >= 0.3 is 0 Å². The van der Waals surface area contributed by atoms with Crippen LogP contribution < -0.4 is 15.0 Å². The third-order valence-electron chi connectivity index (χ3n) is 6.54. The van der Waals surface area contributed by atoms with E-state index in [0.717, 1.165) is 59.8 Å². The summed E-state index contributed by atoms with van der Waals surface area (Å²) in [6.45, 7) is 2.87. The average molecular weight is 424 g/mol. The number of hydrogen-bond acceptors (Lipinski definition) is 6. The normalized spacial score (nSPS) is 21.1. The molecule has 2 aromatic heterocycles. The minimum absolute atomic E-state index is 0.0319. The van der Waals surface area contributed by atoms with Gasteiger partial charge in [0.2, 0.25) is 0 Å². The highest BCUT2D eigenvalue weighted by atomic mass is 32.1. The predicted octanol–water partition coefficient (Wildman–Crippen LogP) is 3.97. The minimum atomic E-state index is 0.0319. The number of aromatic nitrogens is 2. The van der Waals surface area contributed by atoms with Crippen molar-refractivity contribution in [2.45, 2.75) is 51.1 Å². The zero-order valence-corrected chi connectivity index (χ0v) is 17.7. The molecular formula is C23H25N3O3S. The van der Waals surface area contributed by atoms with Gasteiger partial charge in [-0.25, -0.2) is 4.98 Å². The fourth-order valence-electron chi connectivity index (χ4n) is 5.14. The molecule has 4 heterocycles. The molecule has 2 aliphatic heterocycles. The van der Waals surface area contributed by atoms with Gasteiger partial charge in [-0.2, -0.15) is 0 Å². The third kappa shape index (κ3) is 3.11. The van der Waals surface area contributed by atoms with Gasteiger partial charge in [0.05, 0.1) is 11.9 Å². The van der Waals surface area contributed by atoms with Gasteiger partial charge in [0.25, 0.3) is 5.56 Å². The Bertz CT molecular complexity index is 1170. The molecule has 0 spiro atoms. The zero-order valence-electron chi connectivity index (χ0n) is 16.9. The molecule has 3 aliphatic rings. The number of likely N-dealkylation sites (tertiary alicyclic amines) is 1. The Morgan fingerprint density at radius 2 is 2.00 bits per heavy atom. The lowest BCUT2D eigenvalue weighted by Gasteiger charge is -2.26. The van der Waals surface area contributed by atoms with Crippen molar-refractivity contribution in [2.24, 2.45) is 0 Å². The number of hydrogen-bond donors (Lipinski definition) is 1. The number of benzene rings is 1. The number of aryl methyl sites for hydroxylation is 2. The molecule has 30 heavy (non-hydrogen) atoms. The van der Waals surface area contributed by atoms with E-state index in [1.807, 2.05) is 6.07 Å². The molecule has 6 nitrogen and oxygen atoms in total. The fourth-order valence-corrected chi connectivity index (χ4v) is 6.42. The number of nitrogens with one attached hydrogen (secondary N) is 1. The first-order valence-corrected chi connectivity index (χ1v) is 11.7. The average Bonchev–Trinajstić information content (AvgIpc) is 3.37. The van der Waals surface area contributed by atoms with E-state index in [9.17, 15) is 4.79 Å². The molecule has 7 heteroatoms. The maximum Gasteiger partial charge on any atom is 0.259 e. The summed E-state index contributed by atoms with van der Waals surface area (Å²) >= 11 is 1.72. The van der Waals surface area contributed by atoms with Crippen molar-refractivity contribution >= 4 is 21.6 Å². The Labute approximate surface area is 178 Å². The molecule has 6 rings (SSSR count). The number of aromatic amines is 1. The number of fused-ring (bicyclic) bond motifs is 4. The second-order valence-electron chi connectivity index (χ2n) is 8.44. The minimum Gasteiger partial charge on any atom is -0.486 e. The van der Waals surface area contributed by atoms with Crippen LogP contribution in [0, 0.1) is 0 Å². The van der Waals surface area contributed by atoms with E-state index in [2.05, 4.69) is 22.0 Å². The van der Waals surface area contributed by atoms with Gasteiger partial charge in [0, 0.05) is 10.9 Å². The number of H-pyrrole nitrogens is 1.